The van der Waals surface area contributed by atoms with Crippen molar-refractivity contribution in [3.63, 3.8) is 0 Å². The summed E-state index contributed by atoms with van der Waals surface area (Å²) in [7, 11) is 0. The molecule has 13 rings (SSSR count). The van der Waals surface area contributed by atoms with Crippen molar-refractivity contribution in [2.75, 3.05) is 4.90 Å². The molecule has 0 bridgehead atoms. The summed E-state index contributed by atoms with van der Waals surface area (Å²) >= 11 is 0. The smallest absolute Gasteiger partial charge is 0.0547 e. The van der Waals surface area contributed by atoms with Gasteiger partial charge in [-0.25, -0.2) is 0 Å². The Morgan fingerprint density at radius 1 is 0.328 bits per heavy atom. The Morgan fingerprint density at radius 2 is 0.866 bits per heavy atom. The zero-order valence-corrected chi connectivity index (χ0v) is 37.3. The monoisotopic (exact) mass is 856 g/mol. The van der Waals surface area contributed by atoms with Crippen molar-refractivity contribution in [1.82, 2.24) is 4.57 Å². The molecule has 318 valence electrons. The van der Waals surface area contributed by atoms with Crippen LogP contribution in [0.1, 0.15) is 36.8 Å². The molecule has 0 radical (unpaired) electrons. The Kier molecular flexibility index (Phi) is 9.39. The summed E-state index contributed by atoms with van der Waals surface area (Å²) < 4.78 is 2.40. The number of para-hydroxylation sites is 3. The molecule has 2 nitrogen and oxygen atoms in total. The summed E-state index contributed by atoms with van der Waals surface area (Å²) in [4.78, 5) is 2.50. The maximum absolute atomic E-state index is 2.50. The van der Waals surface area contributed by atoms with Gasteiger partial charge in [0, 0.05) is 38.8 Å². The van der Waals surface area contributed by atoms with Gasteiger partial charge in [0.25, 0.3) is 0 Å². The fourth-order valence-electron chi connectivity index (χ4n) is 11.8. The highest BCUT2D eigenvalue weighted by Crippen LogP contribution is 2.58. The summed E-state index contributed by atoms with van der Waals surface area (Å²) in [5.41, 5.74) is 22.4. The lowest BCUT2D eigenvalue weighted by Crippen LogP contribution is -2.20. The highest BCUT2D eigenvalue weighted by molar-refractivity contribution is 6.10. The van der Waals surface area contributed by atoms with Gasteiger partial charge in [0.05, 0.1) is 16.7 Å². The molecule has 0 unspecified atom stereocenters. The normalized spacial score (nSPS) is 13.6. The van der Waals surface area contributed by atoms with Gasteiger partial charge in [-0.15, -0.1) is 0 Å². The van der Waals surface area contributed by atoms with Crippen LogP contribution >= 0.6 is 0 Å². The van der Waals surface area contributed by atoms with Crippen LogP contribution in [0.25, 0.3) is 83.1 Å². The van der Waals surface area contributed by atoms with Crippen molar-refractivity contribution < 1.29 is 0 Å². The molecule has 2 aliphatic carbocycles. The number of rotatable bonds is 8. The van der Waals surface area contributed by atoms with E-state index in [1.807, 2.05) is 0 Å². The average molecular weight is 857 g/mol. The van der Waals surface area contributed by atoms with Gasteiger partial charge < -0.3 is 9.47 Å². The van der Waals surface area contributed by atoms with Gasteiger partial charge in [-0.05, 0) is 129 Å². The molecule has 10 aromatic carbocycles. The van der Waals surface area contributed by atoms with Crippen molar-refractivity contribution in [3.8, 4) is 61.3 Å². The number of aromatic nitrogens is 1. The van der Waals surface area contributed by atoms with Gasteiger partial charge in [-0.2, -0.15) is 0 Å². The third-order valence-corrected chi connectivity index (χ3v) is 14.8. The first-order valence-corrected chi connectivity index (χ1v) is 23.8. The van der Waals surface area contributed by atoms with Gasteiger partial charge in [0.2, 0.25) is 0 Å². The first-order chi connectivity index (χ1) is 33.2. The van der Waals surface area contributed by atoms with E-state index in [2.05, 4.69) is 252 Å². The summed E-state index contributed by atoms with van der Waals surface area (Å²) in [6, 6.07) is 89.8. The second-order valence-electron chi connectivity index (χ2n) is 18.3. The fraction of sp³-hybridized carbons (Fsp3) is 0.0769. The maximum atomic E-state index is 2.50. The lowest BCUT2D eigenvalue weighted by molar-refractivity contribution is 0.550. The summed E-state index contributed by atoms with van der Waals surface area (Å²) in [6.45, 7) is 0. The van der Waals surface area contributed by atoms with E-state index < -0.39 is 0 Å². The summed E-state index contributed by atoms with van der Waals surface area (Å²) in [5, 5.41) is 2.52. The third kappa shape index (κ3) is 6.39. The molecule has 67 heavy (non-hydrogen) atoms. The van der Waals surface area contributed by atoms with Crippen molar-refractivity contribution in [2.45, 2.75) is 31.1 Å². The van der Waals surface area contributed by atoms with Crippen molar-refractivity contribution in [3.05, 3.63) is 254 Å². The minimum Gasteiger partial charge on any atom is -0.310 e. The SMILES string of the molecule is c1ccc(-c2ccccc2-c2ccccc2-c2ccccc2N(c2ccc(-c3ccc4c5ccccc5n(-c5ccccc5)c4c3)cc2)c2ccc3c(c2)-c2ccccc2C32CCCC2)cc1. The Morgan fingerprint density at radius 3 is 1.63 bits per heavy atom. The Balaban J connectivity index is 0.981. The molecule has 1 heterocycles. The third-order valence-electron chi connectivity index (χ3n) is 14.8. The molecule has 1 fully saturated rings. The molecule has 0 amide bonds. The number of anilines is 3. The summed E-state index contributed by atoms with van der Waals surface area (Å²) in [5.74, 6) is 0. The Hall–Kier alpha value is -8.20. The number of hydrogen-bond donors (Lipinski definition) is 0. The minimum atomic E-state index is 0.104. The number of benzene rings is 10. The Bertz CT molecular complexity index is 3630. The molecule has 0 saturated heterocycles. The molecular weight excluding hydrogens is 809 g/mol. The zero-order chi connectivity index (χ0) is 44.3. The topological polar surface area (TPSA) is 8.17 Å². The number of fused-ring (bicyclic) bond motifs is 8. The van der Waals surface area contributed by atoms with E-state index in [9.17, 15) is 0 Å². The van der Waals surface area contributed by atoms with Crippen LogP contribution in [0, 0.1) is 0 Å². The Labute approximate surface area is 392 Å². The molecule has 0 aliphatic heterocycles. The van der Waals surface area contributed by atoms with E-state index in [-0.39, 0.29) is 5.41 Å². The molecule has 1 aromatic heterocycles. The number of nitrogens with zero attached hydrogens (tertiary/aromatic N) is 2. The summed E-state index contributed by atoms with van der Waals surface area (Å²) in [6.07, 6.45) is 4.97. The zero-order valence-electron chi connectivity index (χ0n) is 37.3. The largest absolute Gasteiger partial charge is 0.310 e. The lowest BCUT2D eigenvalue weighted by atomic mass is 9.77. The van der Waals surface area contributed by atoms with E-state index in [0.29, 0.717) is 0 Å². The molecular formula is C65H48N2. The van der Waals surface area contributed by atoms with Gasteiger partial charge in [-0.1, -0.05) is 201 Å². The first kappa shape index (κ1) is 39.2. The van der Waals surface area contributed by atoms with E-state index in [0.717, 1.165) is 22.7 Å². The maximum Gasteiger partial charge on any atom is 0.0547 e. The highest BCUT2D eigenvalue weighted by Gasteiger charge is 2.45. The van der Waals surface area contributed by atoms with Gasteiger partial charge in [0.15, 0.2) is 0 Å². The average Bonchev–Trinajstić information content (AvgIpc) is 4.11. The van der Waals surface area contributed by atoms with Gasteiger partial charge in [0.1, 0.15) is 0 Å². The van der Waals surface area contributed by atoms with E-state index in [4.69, 9.17) is 0 Å². The molecule has 0 atom stereocenters. The predicted octanol–water partition coefficient (Wildman–Crippen LogP) is 17.8. The van der Waals surface area contributed by atoms with Crippen LogP contribution in [0.3, 0.4) is 0 Å². The van der Waals surface area contributed by atoms with Crippen LogP contribution in [0.4, 0.5) is 17.1 Å². The van der Waals surface area contributed by atoms with Crippen LogP contribution in [-0.4, -0.2) is 4.57 Å². The first-order valence-electron chi connectivity index (χ1n) is 23.8. The molecule has 1 saturated carbocycles. The van der Waals surface area contributed by atoms with Gasteiger partial charge >= 0.3 is 0 Å². The lowest BCUT2D eigenvalue weighted by Gasteiger charge is -2.30. The molecule has 2 aliphatic rings. The molecule has 0 N–H and O–H groups in total. The molecule has 2 heteroatoms. The quantitative estimate of drug-likeness (QED) is 0.148. The second-order valence-corrected chi connectivity index (χ2v) is 18.3. The van der Waals surface area contributed by atoms with Crippen LogP contribution < -0.4 is 4.90 Å². The minimum absolute atomic E-state index is 0.104. The predicted molar refractivity (Wildman–Crippen MR) is 282 cm³/mol. The molecule has 1 spiro atoms. The fourth-order valence-corrected chi connectivity index (χ4v) is 11.8. The van der Waals surface area contributed by atoms with Crippen molar-refractivity contribution >= 4 is 38.9 Å². The van der Waals surface area contributed by atoms with E-state index >= 15 is 0 Å². The molecule has 11 aromatic rings. The van der Waals surface area contributed by atoms with E-state index in [1.165, 1.54) is 114 Å². The van der Waals surface area contributed by atoms with Gasteiger partial charge in [-0.3, -0.25) is 0 Å². The van der Waals surface area contributed by atoms with Crippen LogP contribution in [0.15, 0.2) is 243 Å². The van der Waals surface area contributed by atoms with Crippen molar-refractivity contribution in [2.24, 2.45) is 0 Å². The number of hydrogen-bond acceptors (Lipinski definition) is 1. The standard InChI is InChI=1S/C65H48N2/c1-3-19-46(20-4-1)51-23-7-8-24-52(51)53-25-9-10-26-54(53)56-28-12-15-31-62(56)66(50-38-40-61-59(44-50)55-27-11-14-30-60(55)65(61)41-17-18-42-65)49-36-33-45(34-37-49)47-35-39-58-57-29-13-16-32-63(57)67(64(58)43-47)48-21-5-2-6-22-48/h1-16,19-40,43-44H,17-18,41-42H2. The van der Waals surface area contributed by atoms with Crippen molar-refractivity contribution in [1.29, 1.82) is 0 Å². The van der Waals surface area contributed by atoms with Crippen LogP contribution in [0.2, 0.25) is 0 Å². The highest BCUT2D eigenvalue weighted by atomic mass is 15.1. The van der Waals surface area contributed by atoms with E-state index in [1.54, 1.807) is 0 Å². The second kappa shape index (κ2) is 16.0. The van der Waals surface area contributed by atoms with Crippen LogP contribution in [-0.2, 0) is 5.41 Å². The van der Waals surface area contributed by atoms with Crippen LogP contribution in [0.5, 0.6) is 0 Å².